The van der Waals surface area contributed by atoms with Gasteiger partial charge in [-0.3, -0.25) is 5.10 Å². The molecule has 1 aromatic rings. The predicted molar refractivity (Wildman–Crippen MR) is 75.3 cm³/mol. The molecule has 6 heteroatoms. The summed E-state index contributed by atoms with van der Waals surface area (Å²) in [6.07, 6.45) is 4.81. The highest BCUT2D eigenvalue weighted by Gasteiger charge is 2.33. The number of anilines is 1. The van der Waals surface area contributed by atoms with Gasteiger partial charge in [0.05, 0.1) is 0 Å². The van der Waals surface area contributed by atoms with Gasteiger partial charge in [0.25, 0.3) is 0 Å². The van der Waals surface area contributed by atoms with E-state index < -0.39 is 0 Å². The van der Waals surface area contributed by atoms with Crippen LogP contribution in [0.4, 0.5) is 10.6 Å². The number of amides is 1. The summed E-state index contributed by atoms with van der Waals surface area (Å²) >= 11 is 0. The number of aromatic nitrogens is 2. The lowest BCUT2D eigenvalue weighted by atomic mass is 10.0. The van der Waals surface area contributed by atoms with Crippen molar-refractivity contribution in [1.82, 2.24) is 15.1 Å². The molecule has 1 aromatic heterocycles. The predicted octanol–water partition coefficient (Wildman–Crippen LogP) is 2.25. The van der Waals surface area contributed by atoms with Crippen molar-refractivity contribution in [2.45, 2.75) is 57.1 Å². The van der Waals surface area contributed by atoms with Crippen molar-refractivity contribution in [3.8, 4) is 0 Å². The number of aromatic amines is 1. The first kappa shape index (κ1) is 13.3. The Bertz CT molecular complexity index is 487. The molecule has 1 amide bonds. The van der Waals surface area contributed by atoms with Gasteiger partial charge in [0.2, 0.25) is 0 Å². The molecule has 0 bridgehead atoms. The van der Waals surface area contributed by atoms with Crippen LogP contribution in [0, 0.1) is 0 Å². The third kappa shape index (κ3) is 2.59. The molecule has 3 atom stereocenters. The van der Waals surface area contributed by atoms with Crippen LogP contribution < -0.4 is 5.73 Å². The summed E-state index contributed by atoms with van der Waals surface area (Å²) in [5, 5.41) is 6.91. The first-order chi connectivity index (χ1) is 9.63. The van der Waals surface area contributed by atoms with E-state index in [4.69, 9.17) is 10.5 Å². The van der Waals surface area contributed by atoms with E-state index >= 15 is 0 Å². The van der Waals surface area contributed by atoms with Gasteiger partial charge < -0.3 is 15.4 Å². The zero-order chi connectivity index (χ0) is 14.1. The van der Waals surface area contributed by atoms with Crippen LogP contribution in [0.5, 0.6) is 0 Å². The fourth-order valence-electron chi connectivity index (χ4n) is 3.31. The summed E-state index contributed by atoms with van der Waals surface area (Å²) in [6.45, 7) is 2.91. The molecular weight excluding hydrogens is 256 g/mol. The van der Waals surface area contributed by atoms with Crippen molar-refractivity contribution in [2.24, 2.45) is 0 Å². The molecule has 3 N–H and O–H groups in total. The molecule has 0 radical (unpaired) electrons. The summed E-state index contributed by atoms with van der Waals surface area (Å²) in [5.41, 5.74) is 6.68. The van der Waals surface area contributed by atoms with Gasteiger partial charge in [-0.05, 0) is 39.0 Å². The summed E-state index contributed by atoms with van der Waals surface area (Å²) in [7, 11) is 0. The van der Waals surface area contributed by atoms with E-state index in [2.05, 4.69) is 17.1 Å². The lowest BCUT2D eigenvalue weighted by Crippen LogP contribution is -2.36. The van der Waals surface area contributed by atoms with Gasteiger partial charge in [0, 0.05) is 30.3 Å². The maximum atomic E-state index is 12.1. The Balaban J connectivity index is 1.54. The van der Waals surface area contributed by atoms with Crippen LogP contribution in [0.3, 0.4) is 0 Å². The van der Waals surface area contributed by atoms with Crippen molar-refractivity contribution >= 4 is 11.9 Å². The number of rotatable bonds is 2. The van der Waals surface area contributed by atoms with Crippen molar-refractivity contribution in [3.05, 3.63) is 11.8 Å². The summed E-state index contributed by atoms with van der Waals surface area (Å²) in [6, 6.07) is 2.18. The second kappa shape index (κ2) is 5.34. The lowest BCUT2D eigenvalue weighted by Gasteiger charge is -2.23. The fourth-order valence-corrected chi connectivity index (χ4v) is 3.31. The number of nitrogens with one attached hydrogen (secondary N) is 1. The van der Waals surface area contributed by atoms with Gasteiger partial charge in [-0.1, -0.05) is 0 Å². The highest BCUT2D eigenvalue weighted by molar-refractivity contribution is 5.68. The quantitative estimate of drug-likeness (QED) is 0.869. The van der Waals surface area contributed by atoms with Crippen molar-refractivity contribution in [1.29, 1.82) is 0 Å². The van der Waals surface area contributed by atoms with Gasteiger partial charge in [-0.25, -0.2) is 4.79 Å². The Morgan fingerprint density at radius 2 is 2.35 bits per heavy atom. The zero-order valence-electron chi connectivity index (χ0n) is 11.8. The molecule has 0 unspecified atom stereocenters. The number of carbonyl (C=O) groups excluding carboxylic acids is 1. The van der Waals surface area contributed by atoms with Crippen LogP contribution in [-0.4, -0.2) is 39.9 Å². The highest BCUT2D eigenvalue weighted by Crippen LogP contribution is 2.36. The Labute approximate surface area is 118 Å². The van der Waals surface area contributed by atoms with Crippen molar-refractivity contribution in [2.75, 3.05) is 12.3 Å². The topological polar surface area (TPSA) is 84.2 Å². The summed E-state index contributed by atoms with van der Waals surface area (Å²) < 4.78 is 5.65. The van der Waals surface area contributed by atoms with Crippen LogP contribution in [0.15, 0.2) is 6.07 Å². The average Bonchev–Trinajstić information content (AvgIpc) is 3.10. The molecule has 20 heavy (non-hydrogen) atoms. The van der Waals surface area contributed by atoms with Crippen LogP contribution in [-0.2, 0) is 4.74 Å². The SMILES string of the molecule is C[C@@H]1CCCN1C(=O)O[C@@H]1CC[C@H](c2cc(N)n[nH]2)C1. The number of carbonyl (C=O) groups is 1. The minimum absolute atomic E-state index is 0.0184. The number of nitrogens with zero attached hydrogens (tertiary/aromatic N) is 2. The molecular formula is C14H22N4O2. The normalized spacial score (nSPS) is 29.9. The van der Waals surface area contributed by atoms with Gasteiger partial charge >= 0.3 is 6.09 Å². The second-order valence-electron chi connectivity index (χ2n) is 5.95. The van der Waals surface area contributed by atoms with Gasteiger partial charge in [-0.2, -0.15) is 5.10 Å². The third-order valence-electron chi connectivity index (χ3n) is 4.50. The van der Waals surface area contributed by atoms with E-state index in [0.29, 0.717) is 17.8 Å². The minimum Gasteiger partial charge on any atom is -0.446 e. The molecule has 3 rings (SSSR count). The Hall–Kier alpha value is -1.72. The molecule has 1 saturated carbocycles. The summed E-state index contributed by atoms with van der Waals surface area (Å²) in [4.78, 5) is 14.0. The van der Waals surface area contributed by atoms with Crippen LogP contribution in [0.2, 0.25) is 0 Å². The molecule has 2 aliphatic rings. The van der Waals surface area contributed by atoms with E-state index in [1.54, 1.807) is 0 Å². The number of hydrogen-bond donors (Lipinski definition) is 2. The van der Waals surface area contributed by atoms with Crippen molar-refractivity contribution < 1.29 is 9.53 Å². The van der Waals surface area contributed by atoms with E-state index in [1.165, 1.54) is 0 Å². The lowest BCUT2D eigenvalue weighted by molar-refractivity contribution is 0.0633. The van der Waals surface area contributed by atoms with Crippen LogP contribution >= 0.6 is 0 Å². The number of H-pyrrole nitrogens is 1. The Kier molecular flexibility index (Phi) is 3.54. The molecule has 2 fully saturated rings. The number of likely N-dealkylation sites (tertiary alicyclic amines) is 1. The van der Waals surface area contributed by atoms with Gasteiger partial charge in [0.1, 0.15) is 11.9 Å². The zero-order valence-corrected chi connectivity index (χ0v) is 11.8. The average molecular weight is 278 g/mol. The third-order valence-corrected chi connectivity index (χ3v) is 4.50. The molecule has 110 valence electrons. The molecule has 0 spiro atoms. The first-order valence-corrected chi connectivity index (χ1v) is 7.41. The molecule has 1 saturated heterocycles. The fraction of sp³-hybridized carbons (Fsp3) is 0.714. The first-order valence-electron chi connectivity index (χ1n) is 7.41. The number of hydrogen-bond acceptors (Lipinski definition) is 4. The van der Waals surface area contributed by atoms with E-state index in [0.717, 1.165) is 44.3 Å². The second-order valence-corrected chi connectivity index (χ2v) is 5.95. The monoisotopic (exact) mass is 278 g/mol. The van der Waals surface area contributed by atoms with Crippen LogP contribution in [0.25, 0.3) is 0 Å². The minimum atomic E-state index is -0.148. The molecule has 6 nitrogen and oxygen atoms in total. The van der Waals surface area contributed by atoms with Gasteiger partial charge in [0.15, 0.2) is 0 Å². The van der Waals surface area contributed by atoms with E-state index in [-0.39, 0.29) is 12.2 Å². The summed E-state index contributed by atoms with van der Waals surface area (Å²) in [5.74, 6) is 0.889. The largest absolute Gasteiger partial charge is 0.446 e. The molecule has 1 aliphatic heterocycles. The van der Waals surface area contributed by atoms with Crippen LogP contribution in [0.1, 0.15) is 50.6 Å². The molecule has 2 heterocycles. The maximum Gasteiger partial charge on any atom is 0.410 e. The number of nitrogens with two attached hydrogens (primary N) is 1. The highest BCUT2D eigenvalue weighted by atomic mass is 16.6. The molecule has 0 aromatic carbocycles. The van der Waals surface area contributed by atoms with E-state index in [9.17, 15) is 4.79 Å². The number of nitrogen functional groups attached to an aromatic ring is 1. The van der Waals surface area contributed by atoms with Gasteiger partial charge in [-0.15, -0.1) is 0 Å². The Morgan fingerprint density at radius 1 is 1.50 bits per heavy atom. The molecule has 1 aliphatic carbocycles. The maximum absolute atomic E-state index is 12.1. The standard InChI is InChI=1S/C14H22N4O2/c1-9-3-2-6-18(9)14(19)20-11-5-4-10(7-11)12-8-13(15)17-16-12/h8-11H,2-7H2,1H3,(H3,15,16,17)/t9-,10+,11-/m1/s1. The van der Waals surface area contributed by atoms with Crippen molar-refractivity contribution in [3.63, 3.8) is 0 Å². The van der Waals surface area contributed by atoms with E-state index in [1.807, 2.05) is 11.0 Å². The Morgan fingerprint density at radius 3 is 3.00 bits per heavy atom. The smallest absolute Gasteiger partial charge is 0.410 e. The number of ether oxygens (including phenoxy) is 1.